The van der Waals surface area contributed by atoms with E-state index >= 15 is 0 Å². The number of unbranched alkanes of at least 4 members (excludes halogenated alkanes) is 10. The van der Waals surface area contributed by atoms with Crippen LogP contribution in [-0.2, 0) is 19.1 Å². The monoisotopic (exact) mass is 496 g/mol. The first-order valence-electron chi connectivity index (χ1n) is 15.1. The topological polar surface area (TPSA) is 52.6 Å². The van der Waals surface area contributed by atoms with Gasteiger partial charge in [-0.2, -0.15) is 0 Å². The minimum atomic E-state index is -0.0213. The maximum Gasteiger partial charge on any atom is 0.309 e. The van der Waals surface area contributed by atoms with E-state index in [1.807, 2.05) is 0 Å². The van der Waals surface area contributed by atoms with Gasteiger partial charge in [0, 0.05) is 6.42 Å². The van der Waals surface area contributed by atoms with Crippen LogP contribution >= 0.6 is 0 Å². The van der Waals surface area contributed by atoms with E-state index < -0.39 is 0 Å². The van der Waals surface area contributed by atoms with Gasteiger partial charge in [0.2, 0.25) is 0 Å². The molecule has 0 amide bonds. The van der Waals surface area contributed by atoms with Crippen LogP contribution in [0.3, 0.4) is 0 Å². The van der Waals surface area contributed by atoms with Crippen LogP contribution in [0.1, 0.15) is 151 Å². The molecular weight excluding hydrogens is 436 g/mol. The van der Waals surface area contributed by atoms with E-state index in [9.17, 15) is 9.59 Å². The van der Waals surface area contributed by atoms with Crippen LogP contribution < -0.4 is 0 Å². The summed E-state index contributed by atoms with van der Waals surface area (Å²) in [7, 11) is 0. The highest BCUT2D eigenvalue weighted by atomic mass is 16.5. The lowest BCUT2D eigenvalue weighted by atomic mass is 9.90. The third kappa shape index (κ3) is 23.1. The van der Waals surface area contributed by atoms with Crippen LogP contribution in [0.15, 0.2) is 0 Å². The summed E-state index contributed by atoms with van der Waals surface area (Å²) < 4.78 is 10.8. The number of esters is 2. The summed E-state index contributed by atoms with van der Waals surface area (Å²) >= 11 is 0. The maximum atomic E-state index is 12.4. The smallest absolute Gasteiger partial charge is 0.309 e. The second-order valence-electron chi connectivity index (χ2n) is 11.7. The number of rotatable bonds is 24. The average Bonchev–Trinajstić information content (AvgIpc) is 2.79. The molecule has 0 saturated heterocycles. The van der Waals surface area contributed by atoms with E-state index in [2.05, 4.69) is 41.5 Å². The Bertz CT molecular complexity index is 498. The van der Waals surface area contributed by atoms with Crippen LogP contribution in [0.25, 0.3) is 0 Å². The molecule has 0 aliphatic carbocycles. The quantitative estimate of drug-likeness (QED) is 0.0986. The molecule has 0 aromatic heterocycles. The Hall–Kier alpha value is -1.06. The van der Waals surface area contributed by atoms with Crippen LogP contribution in [0.2, 0.25) is 0 Å². The molecule has 0 saturated carbocycles. The molecule has 0 aromatic rings. The van der Waals surface area contributed by atoms with E-state index in [1.54, 1.807) is 0 Å². The van der Waals surface area contributed by atoms with Crippen molar-refractivity contribution in [3.8, 4) is 0 Å². The molecule has 0 fully saturated rings. The molecule has 0 aliphatic rings. The number of hydrogen-bond acceptors (Lipinski definition) is 4. The maximum absolute atomic E-state index is 12.4. The fraction of sp³-hybridized carbons (Fsp3) is 0.935. The predicted octanol–water partition coefficient (Wildman–Crippen LogP) is 9.29. The Kier molecular flexibility index (Phi) is 22.6. The summed E-state index contributed by atoms with van der Waals surface area (Å²) in [6.07, 6.45) is 19.2. The first kappa shape index (κ1) is 33.9. The lowest BCUT2D eigenvalue weighted by Crippen LogP contribution is -2.23. The van der Waals surface area contributed by atoms with Crippen molar-refractivity contribution in [2.24, 2.45) is 23.7 Å². The van der Waals surface area contributed by atoms with Gasteiger partial charge in [-0.3, -0.25) is 9.59 Å². The van der Waals surface area contributed by atoms with Gasteiger partial charge < -0.3 is 9.47 Å². The summed E-state index contributed by atoms with van der Waals surface area (Å²) in [5, 5.41) is 0. The van der Waals surface area contributed by atoms with Gasteiger partial charge in [0.1, 0.15) is 0 Å². The summed E-state index contributed by atoms with van der Waals surface area (Å²) in [6, 6.07) is 0. The third-order valence-corrected chi connectivity index (χ3v) is 6.86. The summed E-state index contributed by atoms with van der Waals surface area (Å²) in [4.78, 5) is 24.1. The van der Waals surface area contributed by atoms with Crippen molar-refractivity contribution >= 4 is 11.9 Å². The van der Waals surface area contributed by atoms with Gasteiger partial charge in [0.05, 0.1) is 19.1 Å². The molecule has 0 radical (unpaired) electrons. The summed E-state index contributed by atoms with van der Waals surface area (Å²) in [6.45, 7) is 14.2. The van der Waals surface area contributed by atoms with Crippen molar-refractivity contribution < 1.29 is 19.1 Å². The largest absolute Gasteiger partial charge is 0.466 e. The molecule has 0 aliphatic heterocycles. The highest BCUT2D eigenvalue weighted by molar-refractivity contribution is 5.72. The van der Waals surface area contributed by atoms with Crippen molar-refractivity contribution in [2.45, 2.75) is 151 Å². The van der Waals surface area contributed by atoms with E-state index in [4.69, 9.17) is 9.47 Å². The molecule has 4 nitrogen and oxygen atoms in total. The molecule has 0 N–H and O–H groups in total. The fourth-order valence-electron chi connectivity index (χ4n) is 4.47. The predicted molar refractivity (Wildman–Crippen MR) is 148 cm³/mol. The lowest BCUT2D eigenvalue weighted by molar-refractivity contribution is -0.150. The summed E-state index contributed by atoms with van der Waals surface area (Å²) in [5.41, 5.74) is 0. The number of ether oxygens (including phenoxy) is 2. The molecule has 1 atom stereocenters. The molecule has 0 rings (SSSR count). The average molecular weight is 497 g/mol. The SMILES string of the molecule is CC(C)CCCOC(=O)CCCCCCCCCCCCCC(C(=O)OCCCC(C)C)C(C)C. The van der Waals surface area contributed by atoms with Crippen LogP contribution in [-0.4, -0.2) is 25.2 Å². The van der Waals surface area contributed by atoms with Crippen molar-refractivity contribution in [2.75, 3.05) is 13.2 Å². The zero-order valence-electron chi connectivity index (χ0n) is 24.4. The van der Waals surface area contributed by atoms with Gasteiger partial charge in [0.15, 0.2) is 0 Å². The van der Waals surface area contributed by atoms with Crippen molar-refractivity contribution in [1.82, 2.24) is 0 Å². The molecule has 4 heteroatoms. The van der Waals surface area contributed by atoms with Gasteiger partial charge in [-0.05, 0) is 56.3 Å². The highest BCUT2D eigenvalue weighted by Crippen LogP contribution is 2.22. The molecule has 35 heavy (non-hydrogen) atoms. The van der Waals surface area contributed by atoms with Gasteiger partial charge in [-0.1, -0.05) is 106 Å². The van der Waals surface area contributed by atoms with Gasteiger partial charge >= 0.3 is 11.9 Å². The number of carbonyl (C=O) groups is 2. The Morgan fingerprint density at radius 2 is 0.943 bits per heavy atom. The molecule has 1 unspecified atom stereocenters. The minimum Gasteiger partial charge on any atom is -0.466 e. The van der Waals surface area contributed by atoms with Gasteiger partial charge in [-0.15, -0.1) is 0 Å². The summed E-state index contributed by atoms with van der Waals surface area (Å²) in [5.74, 6) is 1.75. The van der Waals surface area contributed by atoms with Crippen molar-refractivity contribution in [1.29, 1.82) is 0 Å². The van der Waals surface area contributed by atoms with Crippen molar-refractivity contribution in [3.63, 3.8) is 0 Å². The molecule has 0 spiro atoms. The zero-order chi connectivity index (χ0) is 26.3. The second kappa shape index (κ2) is 23.3. The van der Waals surface area contributed by atoms with Crippen LogP contribution in [0, 0.1) is 23.7 Å². The minimum absolute atomic E-state index is 0.0160. The standard InChI is InChI=1S/C31H60O4/c1-26(2)20-18-24-34-30(32)23-17-15-13-11-9-7-8-10-12-14-16-22-29(28(5)6)31(33)35-25-19-21-27(3)4/h26-29H,7-25H2,1-6H3. The number of hydrogen-bond donors (Lipinski definition) is 0. The van der Waals surface area contributed by atoms with Crippen molar-refractivity contribution in [3.05, 3.63) is 0 Å². The molecule has 0 bridgehead atoms. The first-order valence-corrected chi connectivity index (χ1v) is 15.1. The molecule has 0 heterocycles. The van der Waals surface area contributed by atoms with Gasteiger partial charge in [-0.25, -0.2) is 0 Å². The third-order valence-electron chi connectivity index (χ3n) is 6.86. The lowest BCUT2D eigenvalue weighted by Gasteiger charge is -2.19. The van der Waals surface area contributed by atoms with E-state index in [1.165, 1.54) is 51.4 Å². The Labute approximate surface area is 218 Å². The molecule has 208 valence electrons. The Balaban J connectivity index is 3.54. The van der Waals surface area contributed by atoms with Gasteiger partial charge in [0.25, 0.3) is 0 Å². The normalized spacial score (nSPS) is 12.5. The van der Waals surface area contributed by atoms with E-state index in [-0.39, 0.29) is 17.9 Å². The van der Waals surface area contributed by atoms with E-state index in [0.717, 1.165) is 51.4 Å². The first-order chi connectivity index (χ1) is 16.7. The van der Waals surface area contributed by atoms with E-state index in [0.29, 0.717) is 37.4 Å². The zero-order valence-corrected chi connectivity index (χ0v) is 24.4. The second-order valence-corrected chi connectivity index (χ2v) is 11.7. The van der Waals surface area contributed by atoms with Crippen LogP contribution in [0.4, 0.5) is 0 Å². The number of carbonyl (C=O) groups excluding carboxylic acids is 2. The molecule has 0 aromatic carbocycles. The van der Waals surface area contributed by atoms with Crippen LogP contribution in [0.5, 0.6) is 0 Å². The highest BCUT2D eigenvalue weighted by Gasteiger charge is 2.23. The fourth-order valence-corrected chi connectivity index (χ4v) is 4.47. The Morgan fingerprint density at radius 1 is 0.514 bits per heavy atom. The Morgan fingerprint density at radius 3 is 1.40 bits per heavy atom. The molecular formula is C31H60O4.